The highest BCUT2D eigenvalue weighted by atomic mass is 79.9. The summed E-state index contributed by atoms with van der Waals surface area (Å²) in [6, 6.07) is 18.6. The van der Waals surface area contributed by atoms with Crippen molar-refractivity contribution in [3.05, 3.63) is 59.1 Å². The van der Waals surface area contributed by atoms with E-state index in [-0.39, 0.29) is 5.91 Å². The first-order chi connectivity index (χ1) is 12.7. The maximum atomic E-state index is 12.0. The average molecular weight is 434 g/mol. The van der Waals surface area contributed by atoms with Gasteiger partial charge in [0.1, 0.15) is 0 Å². The standard InChI is InChI=1S/C20H24BrN3OS/c21-17-6-8-19(9-7-17)26-16-20(25)22-10-11-23-12-14-24(15-13-23)18-4-2-1-3-5-18/h1-9H,10-16H2,(H,22,25). The van der Waals surface area contributed by atoms with Crippen LogP contribution in [0.1, 0.15) is 0 Å². The van der Waals surface area contributed by atoms with E-state index < -0.39 is 0 Å². The van der Waals surface area contributed by atoms with Crippen molar-refractivity contribution in [3.63, 3.8) is 0 Å². The Labute approximate surface area is 168 Å². The van der Waals surface area contributed by atoms with Crippen molar-refractivity contribution in [3.8, 4) is 0 Å². The third kappa shape index (κ3) is 6.04. The van der Waals surface area contributed by atoms with Gasteiger partial charge in [0, 0.05) is 54.3 Å². The summed E-state index contributed by atoms with van der Waals surface area (Å²) in [4.78, 5) is 17.9. The summed E-state index contributed by atoms with van der Waals surface area (Å²) in [7, 11) is 0. The number of nitrogens with one attached hydrogen (secondary N) is 1. The highest BCUT2D eigenvalue weighted by Gasteiger charge is 2.16. The number of amides is 1. The minimum absolute atomic E-state index is 0.0980. The second kappa shape index (κ2) is 10.00. The topological polar surface area (TPSA) is 35.6 Å². The summed E-state index contributed by atoms with van der Waals surface area (Å²) in [5.74, 6) is 0.560. The average Bonchev–Trinajstić information content (AvgIpc) is 2.69. The highest BCUT2D eigenvalue weighted by Crippen LogP contribution is 2.20. The predicted octanol–water partition coefficient (Wildman–Crippen LogP) is 3.48. The molecule has 26 heavy (non-hydrogen) atoms. The summed E-state index contributed by atoms with van der Waals surface area (Å²) < 4.78 is 1.05. The lowest BCUT2D eigenvalue weighted by atomic mass is 10.2. The van der Waals surface area contributed by atoms with Gasteiger partial charge in [0.15, 0.2) is 0 Å². The van der Waals surface area contributed by atoms with Gasteiger partial charge >= 0.3 is 0 Å². The summed E-state index contributed by atoms with van der Waals surface area (Å²) in [5, 5.41) is 3.03. The number of anilines is 1. The number of hydrogen-bond acceptors (Lipinski definition) is 4. The molecule has 6 heteroatoms. The van der Waals surface area contributed by atoms with Crippen molar-refractivity contribution in [1.82, 2.24) is 10.2 Å². The van der Waals surface area contributed by atoms with Gasteiger partial charge in [0.25, 0.3) is 0 Å². The minimum Gasteiger partial charge on any atom is -0.369 e. The first-order valence-electron chi connectivity index (χ1n) is 8.88. The zero-order valence-corrected chi connectivity index (χ0v) is 17.1. The smallest absolute Gasteiger partial charge is 0.230 e. The molecule has 1 amide bonds. The maximum absolute atomic E-state index is 12.0. The summed E-state index contributed by atoms with van der Waals surface area (Å²) in [6.45, 7) is 5.79. The fourth-order valence-electron chi connectivity index (χ4n) is 2.95. The van der Waals surface area contributed by atoms with Crippen LogP contribution in [0.4, 0.5) is 5.69 Å². The van der Waals surface area contributed by atoms with Crippen LogP contribution in [0.3, 0.4) is 0 Å². The van der Waals surface area contributed by atoms with Gasteiger partial charge in [-0.2, -0.15) is 0 Å². The van der Waals surface area contributed by atoms with Crippen LogP contribution < -0.4 is 10.2 Å². The van der Waals surface area contributed by atoms with Crippen LogP contribution >= 0.6 is 27.7 Å². The van der Waals surface area contributed by atoms with E-state index >= 15 is 0 Å². The van der Waals surface area contributed by atoms with Crippen LogP contribution in [-0.2, 0) is 4.79 Å². The lowest BCUT2D eigenvalue weighted by molar-refractivity contribution is -0.118. The van der Waals surface area contributed by atoms with Crippen molar-refractivity contribution in [2.24, 2.45) is 0 Å². The maximum Gasteiger partial charge on any atom is 0.230 e. The molecule has 1 fully saturated rings. The largest absolute Gasteiger partial charge is 0.369 e. The molecule has 2 aromatic carbocycles. The molecule has 3 rings (SSSR count). The third-order valence-electron chi connectivity index (χ3n) is 4.43. The molecule has 0 atom stereocenters. The van der Waals surface area contributed by atoms with Gasteiger partial charge in [-0.05, 0) is 36.4 Å². The molecule has 0 aliphatic carbocycles. The number of carbonyl (C=O) groups is 1. The Bertz CT molecular complexity index is 688. The van der Waals surface area contributed by atoms with E-state index in [4.69, 9.17) is 0 Å². The highest BCUT2D eigenvalue weighted by molar-refractivity contribution is 9.10. The summed E-state index contributed by atoms with van der Waals surface area (Å²) in [6.07, 6.45) is 0. The molecule has 1 N–H and O–H groups in total. The number of hydrogen-bond donors (Lipinski definition) is 1. The first kappa shape index (κ1) is 19.3. The fourth-order valence-corrected chi connectivity index (χ4v) is 3.95. The summed E-state index contributed by atoms with van der Waals surface area (Å²) >= 11 is 4.99. The van der Waals surface area contributed by atoms with E-state index in [0.717, 1.165) is 42.1 Å². The molecule has 4 nitrogen and oxygen atoms in total. The SMILES string of the molecule is O=C(CSc1ccc(Br)cc1)NCCN1CCN(c2ccccc2)CC1. The van der Waals surface area contributed by atoms with E-state index in [0.29, 0.717) is 12.3 Å². The van der Waals surface area contributed by atoms with Crippen molar-refractivity contribution in [1.29, 1.82) is 0 Å². The normalized spacial score (nSPS) is 15.0. The number of nitrogens with zero attached hydrogens (tertiary/aromatic N) is 2. The molecule has 0 radical (unpaired) electrons. The van der Waals surface area contributed by atoms with Crippen LogP contribution in [0.2, 0.25) is 0 Å². The molecule has 1 aliphatic heterocycles. The number of halogens is 1. The zero-order chi connectivity index (χ0) is 18.2. The monoisotopic (exact) mass is 433 g/mol. The molecular formula is C20H24BrN3OS. The zero-order valence-electron chi connectivity index (χ0n) is 14.7. The van der Waals surface area contributed by atoms with Crippen molar-refractivity contribution < 1.29 is 4.79 Å². The van der Waals surface area contributed by atoms with Crippen molar-refractivity contribution in [2.75, 3.05) is 49.9 Å². The van der Waals surface area contributed by atoms with Gasteiger partial charge in [0.05, 0.1) is 5.75 Å². The number of rotatable bonds is 7. The van der Waals surface area contributed by atoms with Crippen LogP contribution in [0.15, 0.2) is 64.0 Å². The van der Waals surface area contributed by atoms with Gasteiger partial charge in [0.2, 0.25) is 5.91 Å². The van der Waals surface area contributed by atoms with Crippen LogP contribution in [0.5, 0.6) is 0 Å². The van der Waals surface area contributed by atoms with E-state index in [1.807, 2.05) is 24.3 Å². The summed E-state index contributed by atoms with van der Waals surface area (Å²) in [5.41, 5.74) is 1.30. The lowest BCUT2D eigenvalue weighted by Gasteiger charge is -2.36. The Kier molecular flexibility index (Phi) is 7.41. The Morgan fingerprint density at radius 1 is 1.00 bits per heavy atom. The van der Waals surface area contributed by atoms with Crippen molar-refractivity contribution >= 4 is 39.3 Å². The van der Waals surface area contributed by atoms with Gasteiger partial charge in [-0.25, -0.2) is 0 Å². The molecule has 0 unspecified atom stereocenters. The van der Waals surface area contributed by atoms with Crippen molar-refractivity contribution in [2.45, 2.75) is 4.90 Å². The number of thioether (sulfide) groups is 1. The molecular weight excluding hydrogens is 410 g/mol. The fraction of sp³-hybridized carbons (Fsp3) is 0.350. The molecule has 1 heterocycles. The quantitative estimate of drug-likeness (QED) is 0.677. The minimum atomic E-state index is 0.0980. The molecule has 1 aliphatic rings. The molecule has 0 saturated carbocycles. The number of carbonyl (C=O) groups excluding carboxylic acids is 1. The van der Waals surface area contributed by atoms with Gasteiger partial charge in [-0.15, -0.1) is 11.8 Å². The van der Waals surface area contributed by atoms with E-state index in [9.17, 15) is 4.79 Å². The second-order valence-corrected chi connectivity index (χ2v) is 8.22. The molecule has 2 aromatic rings. The number of para-hydroxylation sites is 1. The van der Waals surface area contributed by atoms with Gasteiger partial charge in [-0.3, -0.25) is 9.69 Å². The van der Waals surface area contributed by atoms with Crippen LogP contribution in [0, 0.1) is 0 Å². The van der Waals surface area contributed by atoms with Crippen LogP contribution in [-0.4, -0.2) is 55.8 Å². The van der Waals surface area contributed by atoms with Crippen LogP contribution in [0.25, 0.3) is 0 Å². The Hall–Kier alpha value is -1.50. The molecule has 0 bridgehead atoms. The molecule has 1 saturated heterocycles. The Balaban J connectivity index is 1.30. The number of piperazine rings is 1. The predicted molar refractivity (Wildman–Crippen MR) is 113 cm³/mol. The Morgan fingerprint density at radius 2 is 1.69 bits per heavy atom. The number of benzene rings is 2. The van der Waals surface area contributed by atoms with Gasteiger partial charge in [-0.1, -0.05) is 34.1 Å². The van der Waals surface area contributed by atoms with E-state index in [1.165, 1.54) is 5.69 Å². The van der Waals surface area contributed by atoms with E-state index in [2.05, 4.69) is 61.4 Å². The molecule has 0 aromatic heterocycles. The molecule has 0 spiro atoms. The first-order valence-corrected chi connectivity index (χ1v) is 10.7. The lowest BCUT2D eigenvalue weighted by Crippen LogP contribution is -2.48. The van der Waals surface area contributed by atoms with E-state index in [1.54, 1.807) is 11.8 Å². The van der Waals surface area contributed by atoms with Gasteiger partial charge < -0.3 is 10.2 Å². The third-order valence-corrected chi connectivity index (χ3v) is 5.97. The Morgan fingerprint density at radius 3 is 2.38 bits per heavy atom. The second-order valence-electron chi connectivity index (χ2n) is 6.26. The molecule has 138 valence electrons.